The zero-order valence-electron chi connectivity index (χ0n) is 16.5. The van der Waals surface area contributed by atoms with Gasteiger partial charge in [-0.05, 0) is 47.5 Å². The Morgan fingerprint density at radius 1 is 0.750 bits per heavy atom. The first-order chi connectivity index (χ1) is 13.9. The van der Waals surface area contributed by atoms with Crippen molar-refractivity contribution >= 4 is 12.4 Å². The maximum absolute atomic E-state index is 5.64. The van der Waals surface area contributed by atoms with Gasteiger partial charge in [-0.25, -0.2) is 4.36 Å². The quantitative estimate of drug-likeness (QED) is 0.498. The molecular formula is C26H29NS. The third-order valence-electron chi connectivity index (χ3n) is 6.42. The van der Waals surface area contributed by atoms with Crippen molar-refractivity contribution in [3.63, 3.8) is 0 Å². The third-order valence-corrected chi connectivity index (χ3v) is 6.71. The van der Waals surface area contributed by atoms with Gasteiger partial charge in [0.1, 0.15) is 5.54 Å². The van der Waals surface area contributed by atoms with E-state index in [1.165, 1.54) is 67.2 Å². The predicted molar refractivity (Wildman–Crippen MR) is 122 cm³/mol. The van der Waals surface area contributed by atoms with Gasteiger partial charge in [0.15, 0.2) is 0 Å². The Morgan fingerprint density at radius 3 is 2.21 bits per heavy atom. The molecule has 0 saturated heterocycles. The first-order valence-corrected chi connectivity index (χ1v) is 11.1. The molecule has 0 radical (unpaired) electrons. The lowest BCUT2D eigenvalue weighted by molar-refractivity contribution is 0.294. The molecule has 1 atom stereocenters. The zero-order valence-corrected chi connectivity index (χ0v) is 17.3. The largest absolute Gasteiger partial charge is 0.203 e. The lowest BCUT2D eigenvalue weighted by atomic mass is 9.67. The summed E-state index contributed by atoms with van der Waals surface area (Å²) in [7, 11) is 0. The fraction of sp³-hybridized carbons (Fsp3) is 0.385. The predicted octanol–water partition coefficient (Wildman–Crippen LogP) is 7.18. The number of hydrogen-bond acceptors (Lipinski definition) is 2. The van der Waals surface area contributed by atoms with Crippen LogP contribution in [-0.4, -0.2) is 5.54 Å². The van der Waals surface area contributed by atoms with Gasteiger partial charge in [-0.3, -0.25) is 0 Å². The van der Waals surface area contributed by atoms with E-state index in [2.05, 4.69) is 72.9 Å². The van der Waals surface area contributed by atoms with Crippen molar-refractivity contribution in [1.29, 1.82) is 0 Å². The summed E-state index contributed by atoms with van der Waals surface area (Å²) in [6.45, 7) is 0. The summed E-state index contributed by atoms with van der Waals surface area (Å²) in [5, 5.41) is 0. The second-order valence-corrected chi connectivity index (χ2v) is 8.34. The van der Waals surface area contributed by atoms with Gasteiger partial charge in [-0.1, -0.05) is 105 Å². The number of rotatable bonds is 4. The molecule has 0 amide bonds. The Bertz CT molecular complexity index is 851. The van der Waals surface area contributed by atoms with Crippen LogP contribution in [0.25, 0.3) is 0 Å². The maximum atomic E-state index is 5.64. The summed E-state index contributed by atoms with van der Waals surface area (Å²) in [5.41, 5.74) is 5.02. The Balaban J connectivity index is 1.87. The number of hydrogen-bond donors (Lipinski definition) is 0. The highest BCUT2D eigenvalue weighted by atomic mass is 32.1. The van der Waals surface area contributed by atoms with Crippen LogP contribution in [0.3, 0.4) is 0 Å². The molecule has 0 aliphatic heterocycles. The molecule has 0 aromatic rings. The first kappa shape index (κ1) is 19.3. The van der Waals surface area contributed by atoms with E-state index in [1.807, 2.05) is 0 Å². The molecule has 0 heterocycles. The summed E-state index contributed by atoms with van der Waals surface area (Å²) < 4.78 is 4.83. The minimum atomic E-state index is -0.439. The topological polar surface area (TPSA) is 12.4 Å². The van der Waals surface area contributed by atoms with Crippen LogP contribution in [0.1, 0.15) is 51.4 Å². The summed E-state index contributed by atoms with van der Waals surface area (Å²) in [6.07, 6.45) is 36.0. The van der Waals surface area contributed by atoms with Crippen molar-refractivity contribution in [1.82, 2.24) is 0 Å². The Hall–Kier alpha value is -2.06. The van der Waals surface area contributed by atoms with Crippen molar-refractivity contribution in [2.45, 2.75) is 56.9 Å². The minimum Gasteiger partial charge on any atom is -0.203 e. The van der Waals surface area contributed by atoms with E-state index in [0.717, 1.165) is 6.42 Å². The van der Waals surface area contributed by atoms with Gasteiger partial charge in [0.2, 0.25) is 0 Å². The smallest absolute Gasteiger partial charge is 0.127 e. The summed E-state index contributed by atoms with van der Waals surface area (Å²) >= 11 is 5.64. The van der Waals surface area contributed by atoms with Crippen LogP contribution in [0.5, 0.6) is 0 Å². The molecule has 0 spiro atoms. The van der Waals surface area contributed by atoms with E-state index < -0.39 is 5.54 Å². The molecule has 0 aromatic carbocycles. The van der Waals surface area contributed by atoms with Crippen LogP contribution in [0.15, 0.2) is 99.6 Å². The molecular weight excluding hydrogens is 358 g/mol. The van der Waals surface area contributed by atoms with Gasteiger partial charge in [-0.15, -0.1) is 0 Å². The zero-order chi connectivity index (χ0) is 19.2. The lowest BCUT2D eigenvalue weighted by Gasteiger charge is -2.40. The number of allylic oxidation sites excluding steroid dienone is 12. The number of fused-ring (bicyclic) bond motifs is 1. The van der Waals surface area contributed by atoms with Crippen molar-refractivity contribution in [2.75, 3.05) is 0 Å². The van der Waals surface area contributed by atoms with E-state index in [4.69, 9.17) is 16.8 Å². The molecule has 0 N–H and O–H groups in total. The summed E-state index contributed by atoms with van der Waals surface area (Å²) in [5.74, 6) is 0.454. The van der Waals surface area contributed by atoms with Gasteiger partial charge in [-0.2, -0.15) is 0 Å². The number of nitrogens with zero attached hydrogens (tertiary/aromatic N) is 1. The molecule has 4 rings (SSSR count). The minimum absolute atomic E-state index is 0.439. The molecule has 4 aliphatic carbocycles. The second-order valence-electron chi connectivity index (χ2n) is 8.16. The van der Waals surface area contributed by atoms with Crippen molar-refractivity contribution < 1.29 is 0 Å². The van der Waals surface area contributed by atoms with Crippen molar-refractivity contribution in [2.24, 2.45) is 10.3 Å². The molecule has 0 bridgehead atoms. The average Bonchev–Trinajstić information content (AvgIpc) is 3.37. The van der Waals surface area contributed by atoms with Gasteiger partial charge < -0.3 is 0 Å². The molecule has 1 unspecified atom stereocenters. The van der Waals surface area contributed by atoms with Crippen LogP contribution in [0.2, 0.25) is 0 Å². The standard InChI is InChI=1S/C26H29NS/c28-27-26(22-15-9-3-1-4-10-16-22,23-17-11-5-2-6-12-18-23)25-19-13-7-8-14-21-20-24(21)25/h1,3-4,7-10,13-16,19,23H,2,5-6,11-12,17-18,20H2. The lowest BCUT2D eigenvalue weighted by Crippen LogP contribution is -2.40. The maximum Gasteiger partial charge on any atom is 0.127 e. The Labute approximate surface area is 174 Å². The van der Waals surface area contributed by atoms with E-state index in [-0.39, 0.29) is 0 Å². The van der Waals surface area contributed by atoms with Crippen LogP contribution in [0.4, 0.5) is 0 Å². The fourth-order valence-corrected chi connectivity index (χ4v) is 5.25. The molecule has 28 heavy (non-hydrogen) atoms. The van der Waals surface area contributed by atoms with Crippen LogP contribution in [-0.2, 0) is 12.4 Å². The first-order valence-electron chi connectivity index (χ1n) is 10.7. The van der Waals surface area contributed by atoms with Gasteiger partial charge in [0.25, 0.3) is 0 Å². The SMILES string of the molecule is S=NC(C1=CC=CC=CC=C1)(C1=C2CC2=CC=CC=C1)C1CCCCCCC1. The molecule has 2 heteroatoms. The Kier molecular flexibility index (Phi) is 6.17. The monoisotopic (exact) mass is 387 g/mol. The van der Waals surface area contributed by atoms with E-state index >= 15 is 0 Å². The fourth-order valence-electron chi connectivity index (χ4n) is 4.90. The van der Waals surface area contributed by atoms with Gasteiger partial charge >= 0.3 is 0 Å². The average molecular weight is 388 g/mol. The van der Waals surface area contributed by atoms with Gasteiger partial charge in [0.05, 0.1) is 0 Å². The van der Waals surface area contributed by atoms with E-state index in [1.54, 1.807) is 0 Å². The highest BCUT2D eigenvalue weighted by Crippen LogP contribution is 2.52. The van der Waals surface area contributed by atoms with Crippen molar-refractivity contribution in [3.8, 4) is 0 Å². The molecule has 2 fully saturated rings. The van der Waals surface area contributed by atoms with Gasteiger partial charge in [0, 0.05) is 12.4 Å². The third kappa shape index (κ3) is 3.89. The highest BCUT2D eigenvalue weighted by molar-refractivity contribution is 7.47. The molecule has 2 saturated carbocycles. The van der Waals surface area contributed by atoms with Crippen LogP contribution >= 0.6 is 0 Å². The molecule has 0 aromatic heterocycles. The molecule has 144 valence electrons. The summed E-state index contributed by atoms with van der Waals surface area (Å²) in [6, 6.07) is 0. The van der Waals surface area contributed by atoms with Crippen LogP contribution in [0, 0.1) is 5.92 Å². The summed E-state index contributed by atoms with van der Waals surface area (Å²) in [4.78, 5) is 0. The molecule has 4 aliphatic rings. The second kappa shape index (κ2) is 8.96. The normalized spacial score (nSPS) is 24.6. The Morgan fingerprint density at radius 2 is 1.39 bits per heavy atom. The van der Waals surface area contributed by atoms with Crippen molar-refractivity contribution in [3.05, 3.63) is 95.2 Å². The molecule has 1 nitrogen and oxygen atoms in total. The van der Waals surface area contributed by atoms with E-state index in [0.29, 0.717) is 5.92 Å². The van der Waals surface area contributed by atoms with Crippen LogP contribution < -0.4 is 0 Å². The highest BCUT2D eigenvalue weighted by Gasteiger charge is 2.46. The van der Waals surface area contributed by atoms with E-state index in [9.17, 15) is 0 Å².